The average molecular weight is 802 g/mol. The fourth-order valence-corrected chi connectivity index (χ4v) is 8.29. The third-order valence-electron chi connectivity index (χ3n) is 11.1. The highest BCUT2D eigenvalue weighted by Crippen LogP contribution is 2.38. The van der Waals surface area contributed by atoms with Crippen molar-refractivity contribution in [2.24, 2.45) is 5.73 Å². The van der Waals surface area contributed by atoms with E-state index in [0.29, 0.717) is 33.9 Å². The Morgan fingerprint density at radius 1 is 0.931 bits per heavy atom. The van der Waals surface area contributed by atoms with Crippen molar-refractivity contribution in [1.82, 2.24) is 14.9 Å². The highest BCUT2D eigenvalue weighted by Gasteiger charge is 2.30. The fourth-order valence-electron chi connectivity index (χ4n) is 8.16. The van der Waals surface area contributed by atoms with Gasteiger partial charge in [-0.15, -0.1) is 0 Å². The molecule has 6 N–H and O–H groups in total. The smallest absolute Gasteiger partial charge is 0.326 e. The molecule has 0 spiro atoms. The summed E-state index contributed by atoms with van der Waals surface area (Å²) in [5, 5.41) is 26.4. The molecule has 1 fully saturated rings. The number of amides is 2. The quantitative estimate of drug-likeness (QED) is 0.0766. The number of halogens is 2. The van der Waals surface area contributed by atoms with E-state index >= 15 is 4.39 Å². The van der Waals surface area contributed by atoms with Crippen LogP contribution in [0.15, 0.2) is 97.1 Å². The van der Waals surface area contributed by atoms with E-state index in [4.69, 9.17) is 27.1 Å². The first kappa shape index (κ1) is 38.5. The predicted molar refractivity (Wildman–Crippen MR) is 220 cm³/mol. The zero-order valence-corrected chi connectivity index (χ0v) is 32.1. The van der Waals surface area contributed by atoms with E-state index in [1.807, 2.05) is 12.1 Å². The Morgan fingerprint density at radius 3 is 2.43 bits per heavy atom. The lowest BCUT2D eigenvalue weighted by atomic mass is 9.94. The van der Waals surface area contributed by atoms with E-state index < -0.39 is 29.6 Å². The van der Waals surface area contributed by atoms with Crippen LogP contribution in [-0.4, -0.2) is 49.6 Å². The van der Waals surface area contributed by atoms with Gasteiger partial charge in [0.25, 0.3) is 5.91 Å². The zero-order valence-electron chi connectivity index (χ0n) is 31.4. The number of fused-ring (bicyclic) bond motifs is 2. The number of hydrogen-bond donors (Lipinski definition) is 5. The number of ether oxygens (including phenoxy) is 1. The van der Waals surface area contributed by atoms with Crippen LogP contribution in [0.3, 0.4) is 0 Å². The van der Waals surface area contributed by atoms with Gasteiger partial charge in [-0.3, -0.25) is 9.59 Å². The third-order valence-corrected chi connectivity index (χ3v) is 11.3. The van der Waals surface area contributed by atoms with E-state index in [-0.39, 0.29) is 47.7 Å². The number of nitrogens with one attached hydrogen (secondary N) is 2. The number of rotatable bonds is 12. The number of hydrogen-bond acceptors (Lipinski definition) is 7. The topological polar surface area (TPSA) is 169 Å². The summed E-state index contributed by atoms with van der Waals surface area (Å²) in [4.78, 5) is 42.8. The van der Waals surface area contributed by atoms with E-state index in [1.165, 1.54) is 6.07 Å². The number of aromatic nitrogens is 2. The molecule has 0 saturated heterocycles. The molecule has 11 nitrogen and oxygen atoms in total. The lowest BCUT2D eigenvalue weighted by molar-refractivity contribution is -0.139. The number of nitrogens with two attached hydrogens (primary N) is 1. The minimum atomic E-state index is -1.18. The maximum Gasteiger partial charge on any atom is 0.326 e. The number of phenols is 1. The van der Waals surface area contributed by atoms with Crippen LogP contribution in [0, 0.1) is 5.82 Å². The number of phenolic OH excluding ortho intramolecular Hbond substituents is 1. The summed E-state index contributed by atoms with van der Waals surface area (Å²) < 4.78 is 24.4. The van der Waals surface area contributed by atoms with Crippen molar-refractivity contribution >= 4 is 46.1 Å². The first-order chi connectivity index (χ1) is 28.0. The number of imidazole rings is 1. The number of benzene rings is 5. The average Bonchev–Trinajstić information content (AvgIpc) is 3.80. The Kier molecular flexibility index (Phi) is 10.8. The largest absolute Gasteiger partial charge is 0.508 e. The molecular weight excluding hydrogens is 761 g/mol. The lowest BCUT2D eigenvalue weighted by Crippen LogP contribution is -2.43. The predicted octanol–water partition coefficient (Wildman–Crippen LogP) is 8.66. The Hall–Kier alpha value is -6.40. The Labute approximate surface area is 338 Å². The molecule has 6 aromatic rings. The lowest BCUT2D eigenvalue weighted by Gasteiger charge is -2.26. The monoisotopic (exact) mass is 801 g/mol. The second-order valence-electron chi connectivity index (χ2n) is 15.0. The number of carbonyl (C=O) groups is 3. The number of carboxylic acids is 1. The number of aliphatic carboxylic acids is 1. The van der Waals surface area contributed by atoms with Crippen LogP contribution < -0.4 is 21.1 Å². The van der Waals surface area contributed by atoms with Gasteiger partial charge in [0.2, 0.25) is 5.91 Å². The van der Waals surface area contributed by atoms with Gasteiger partial charge in [0, 0.05) is 40.0 Å². The summed E-state index contributed by atoms with van der Waals surface area (Å²) in [7, 11) is 0. The second kappa shape index (κ2) is 16.2. The molecule has 8 rings (SSSR count). The number of nitrogens with zero attached hydrogens (tertiary/aromatic N) is 2. The highest BCUT2D eigenvalue weighted by atomic mass is 35.5. The van der Waals surface area contributed by atoms with Crippen LogP contribution in [0.1, 0.15) is 76.4 Å². The van der Waals surface area contributed by atoms with E-state index in [1.54, 1.807) is 78.9 Å². The molecule has 1 aliphatic heterocycles. The highest BCUT2D eigenvalue weighted by molar-refractivity contribution is 6.30. The van der Waals surface area contributed by atoms with Gasteiger partial charge in [-0.1, -0.05) is 49.1 Å². The van der Waals surface area contributed by atoms with E-state index in [0.717, 1.165) is 60.0 Å². The molecule has 296 valence electrons. The molecule has 2 aliphatic rings. The molecule has 58 heavy (non-hydrogen) atoms. The number of carboxylic acid groups (broad SMARTS) is 1. The summed E-state index contributed by atoms with van der Waals surface area (Å²) in [6, 6.07) is 25.6. The molecule has 0 bridgehead atoms. The minimum absolute atomic E-state index is 0.0292. The molecular formula is C45H41ClFN5O6. The van der Waals surface area contributed by atoms with Gasteiger partial charge < -0.3 is 35.9 Å². The number of aromatic hydroxyl groups is 1. The van der Waals surface area contributed by atoms with Crippen molar-refractivity contribution in [3.05, 3.63) is 130 Å². The maximum atomic E-state index is 16.2. The maximum absolute atomic E-state index is 16.2. The van der Waals surface area contributed by atoms with Gasteiger partial charge in [0.15, 0.2) is 0 Å². The van der Waals surface area contributed by atoms with Gasteiger partial charge in [0.05, 0.1) is 16.6 Å². The number of carbonyl (C=O) groups excluding carboxylic acids is 2. The van der Waals surface area contributed by atoms with Crippen molar-refractivity contribution in [3.63, 3.8) is 0 Å². The molecule has 1 aromatic heterocycles. The van der Waals surface area contributed by atoms with Crippen LogP contribution >= 0.6 is 11.6 Å². The van der Waals surface area contributed by atoms with Crippen LogP contribution in [0.4, 0.5) is 10.1 Å². The molecule has 13 heteroatoms. The van der Waals surface area contributed by atoms with Gasteiger partial charge in [0.1, 0.15) is 35.8 Å². The summed E-state index contributed by atoms with van der Waals surface area (Å²) in [6.45, 7) is 0.0292. The summed E-state index contributed by atoms with van der Waals surface area (Å²) in [5.41, 5.74) is 11.7. The molecule has 2 unspecified atom stereocenters. The zero-order chi connectivity index (χ0) is 40.5. The second-order valence-corrected chi connectivity index (χ2v) is 15.4. The van der Waals surface area contributed by atoms with Crippen molar-refractivity contribution in [3.8, 4) is 34.0 Å². The SMILES string of the molecule is NC(=O)c1ccc(-c2ccc(Cl)cc2)c(COc2ccc(-c3nc4cc(C(=O)NC(CC5Cc6cc(O)ccc6N5)C(=O)O)ccc4n3C3CCCCC3)c(F)c2)c1. The van der Waals surface area contributed by atoms with Crippen molar-refractivity contribution in [1.29, 1.82) is 0 Å². The molecule has 2 amide bonds. The molecule has 5 aromatic carbocycles. The van der Waals surface area contributed by atoms with Gasteiger partial charge in [-0.05, 0) is 121 Å². The van der Waals surface area contributed by atoms with Gasteiger partial charge >= 0.3 is 5.97 Å². The van der Waals surface area contributed by atoms with Crippen molar-refractivity contribution < 1.29 is 33.7 Å². The third kappa shape index (κ3) is 8.05. The molecule has 1 saturated carbocycles. The Balaban J connectivity index is 1.04. The molecule has 2 atom stereocenters. The van der Waals surface area contributed by atoms with Crippen molar-refractivity contribution in [2.45, 2.75) is 69.7 Å². The molecule has 1 aliphatic carbocycles. The molecule has 2 heterocycles. The van der Waals surface area contributed by atoms with Crippen LogP contribution in [0.25, 0.3) is 33.5 Å². The van der Waals surface area contributed by atoms with Crippen molar-refractivity contribution in [2.75, 3.05) is 5.32 Å². The van der Waals surface area contributed by atoms with E-state index in [2.05, 4.69) is 15.2 Å². The standard InChI is InChI=1S/C45H41ClFN5O6/c46-30-10-6-25(7-11-30)35-14-8-26(42(48)54)18-29(35)24-58-34-13-15-36(37(47)23-34)43-50-39-21-27(9-17-41(39)52(43)32-4-2-1-3-5-32)44(55)51-40(45(56)57)22-31-19-28-20-33(53)12-16-38(28)49-31/h6-18,20-21,23,31-32,40,49,53H,1-5,19,22,24H2,(H2,48,54)(H,51,55)(H,56,57). The van der Waals surface area contributed by atoms with Gasteiger partial charge in [-0.2, -0.15) is 0 Å². The van der Waals surface area contributed by atoms with Crippen LogP contribution in [-0.2, 0) is 17.8 Å². The molecule has 0 radical (unpaired) electrons. The number of anilines is 1. The van der Waals surface area contributed by atoms with Crippen LogP contribution in [0.2, 0.25) is 5.02 Å². The summed E-state index contributed by atoms with van der Waals surface area (Å²) in [5.74, 6) is -2.03. The van der Waals surface area contributed by atoms with Crippen LogP contribution in [0.5, 0.6) is 11.5 Å². The fraction of sp³-hybridized carbons (Fsp3) is 0.244. The first-order valence-electron chi connectivity index (χ1n) is 19.3. The van der Waals surface area contributed by atoms with E-state index in [9.17, 15) is 24.6 Å². The Morgan fingerprint density at radius 2 is 1.69 bits per heavy atom. The number of primary amides is 1. The normalized spacial score (nSPS) is 15.7. The summed E-state index contributed by atoms with van der Waals surface area (Å²) in [6.07, 6.45) is 5.57. The minimum Gasteiger partial charge on any atom is -0.508 e. The van der Waals surface area contributed by atoms with Gasteiger partial charge in [-0.25, -0.2) is 14.2 Å². The Bertz CT molecular complexity index is 2550. The summed E-state index contributed by atoms with van der Waals surface area (Å²) >= 11 is 6.11. The first-order valence-corrected chi connectivity index (χ1v) is 19.6.